The molecule has 0 radical (unpaired) electrons. The van der Waals surface area contributed by atoms with Crippen LogP contribution in [0.4, 0.5) is 13.2 Å². The van der Waals surface area contributed by atoms with Gasteiger partial charge in [-0.2, -0.15) is 13.2 Å². The first-order valence-corrected chi connectivity index (χ1v) is 5.04. The number of rotatable bonds is 1. The molecular formula is C12H10F3NO. The van der Waals surface area contributed by atoms with Gasteiger partial charge in [-0.15, -0.1) is 0 Å². The minimum absolute atomic E-state index is 0.0797. The Labute approximate surface area is 96.1 Å². The lowest BCUT2D eigenvalue weighted by atomic mass is 10.0. The van der Waals surface area contributed by atoms with Crippen LogP contribution in [-0.2, 0) is 4.79 Å². The summed E-state index contributed by atoms with van der Waals surface area (Å²) in [6.07, 6.45) is -3.52. The fourth-order valence-corrected chi connectivity index (χ4v) is 1.72. The third-order valence-corrected chi connectivity index (χ3v) is 2.55. The highest BCUT2D eigenvalue weighted by atomic mass is 19.4. The molecule has 2 nitrogen and oxygen atoms in total. The molecule has 5 heteroatoms. The van der Waals surface area contributed by atoms with Crippen molar-refractivity contribution in [1.82, 2.24) is 5.32 Å². The van der Waals surface area contributed by atoms with Crippen LogP contribution < -0.4 is 5.32 Å². The predicted molar refractivity (Wildman–Crippen MR) is 57.1 cm³/mol. The third kappa shape index (κ3) is 2.33. The van der Waals surface area contributed by atoms with Gasteiger partial charge in [-0.3, -0.25) is 4.79 Å². The number of carbonyl (C=O) groups is 1. The maximum Gasteiger partial charge on any atom is 0.412 e. The van der Waals surface area contributed by atoms with E-state index in [0.29, 0.717) is 5.56 Å². The smallest absolute Gasteiger partial charge is 0.337 e. The molecular weight excluding hydrogens is 231 g/mol. The molecule has 0 spiro atoms. The van der Waals surface area contributed by atoms with Gasteiger partial charge in [0.1, 0.15) is 6.04 Å². The van der Waals surface area contributed by atoms with Gasteiger partial charge < -0.3 is 5.32 Å². The van der Waals surface area contributed by atoms with Gasteiger partial charge in [-0.1, -0.05) is 29.8 Å². The van der Waals surface area contributed by atoms with Gasteiger partial charge in [0.05, 0.1) is 0 Å². The molecule has 90 valence electrons. The Hall–Kier alpha value is -1.78. The van der Waals surface area contributed by atoms with Crippen molar-refractivity contribution in [3.63, 3.8) is 0 Å². The van der Waals surface area contributed by atoms with Crippen molar-refractivity contribution in [2.75, 3.05) is 0 Å². The van der Waals surface area contributed by atoms with Gasteiger partial charge in [0, 0.05) is 5.57 Å². The van der Waals surface area contributed by atoms with E-state index in [1.807, 2.05) is 18.3 Å². The third-order valence-electron chi connectivity index (χ3n) is 2.55. The van der Waals surface area contributed by atoms with Crippen LogP contribution in [0.5, 0.6) is 0 Å². The molecule has 1 N–H and O–H groups in total. The number of hydrogen-bond acceptors (Lipinski definition) is 1. The lowest BCUT2D eigenvalue weighted by Gasteiger charge is -2.12. The topological polar surface area (TPSA) is 29.1 Å². The van der Waals surface area contributed by atoms with Crippen LogP contribution in [0.2, 0.25) is 0 Å². The zero-order valence-electron chi connectivity index (χ0n) is 9.01. The monoisotopic (exact) mass is 241 g/mol. The highest BCUT2D eigenvalue weighted by Crippen LogP contribution is 2.29. The second kappa shape index (κ2) is 3.91. The quantitative estimate of drug-likeness (QED) is 0.803. The predicted octanol–water partition coefficient (Wildman–Crippen LogP) is 2.44. The molecule has 1 amide bonds. The highest BCUT2D eigenvalue weighted by molar-refractivity contribution is 6.21. The number of benzene rings is 1. The summed E-state index contributed by atoms with van der Waals surface area (Å²) in [6, 6.07) is 4.95. The summed E-state index contributed by atoms with van der Waals surface area (Å²) in [5.74, 6) is -0.682. The summed E-state index contributed by atoms with van der Waals surface area (Å²) >= 11 is 0. The molecule has 0 saturated heterocycles. The molecule has 0 saturated carbocycles. The zero-order chi connectivity index (χ0) is 12.6. The van der Waals surface area contributed by atoms with E-state index < -0.39 is 18.1 Å². The molecule has 17 heavy (non-hydrogen) atoms. The molecule has 1 aliphatic rings. The van der Waals surface area contributed by atoms with Gasteiger partial charge in [-0.05, 0) is 18.6 Å². The van der Waals surface area contributed by atoms with Gasteiger partial charge in [-0.25, -0.2) is 0 Å². The fraction of sp³-hybridized carbons (Fsp3) is 0.250. The maximum atomic E-state index is 12.4. The van der Waals surface area contributed by atoms with Crippen LogP contribution in [0.3, 0.4) is 0 Å². The summed E-state index contributed by atoms with van der Waals surface area (Å²) in [5.41, 5.74) is 1.48. The Balaban J connectivity index is 2.36. The molecule has 0 fully saturated rings. The molecule has 0 aliphatic carbocycles. The summed E-state index contributed by atoms with van der Waals surface area (Å²) in [4.78, 5) is 11.5. The normalized spacial score (nSPS) is 20.1. The Morgan fingerprint density at radius 2 is 2.00 bits per heavy atom. The van der Waals surface area contributed by atoms with Crippen LogP contribution in [0.15, 0.2) is 30.3 Å². The minimum Gasteiger partial charge on any atom is -0.337 e. The first-order valence-electron chi connectivity index (χ1n) is 5.04. The van der Waals surface area contributed by atoms with E-state index in [9.17, 15) is 18.0 Å². The average Bonchev–Trinajstić information content (AvgIpc) is 2.60. The van der Waals surface area contributed by atoms with Gasteiger partial charge in [0.2, 0.25) is 0 Å². The first-order chi connectivity index (χ1) is 7.88. The molecule has 1 heterocycles. The Kier molecular flexibility index (Phi) is 2.69. The van der Waals surface area contributed by atoms with Crippen molar-refractivity contribution in [2.24, 2.45) is 0 Å². The summed E-state index contributed by atoms with van der Waals surface area (Å²) in [5, 5.41) is 1.91. The van der Waals surface area contributed by atoms with E-state index in [2.05, 4.69) is 0 Å². The van der Waals surface area contributed by atoms with Crippen LogP contribution in [0, 0.1) is 6.92 Å². The molecule has 0 bridgehead atoms. The number of halogens is 3. The second-order valence-corrected chi connectivity index (χ2v) is 3.94. The largest absolute Gasteiger partial charge is 0.412 e. The first kappa shape index (κ1) is 11.7. The Morgan fingerprint density at radius 3 is 2.53 bits per heavy atom. The van der Waals surface area contributed by atoms with Crippen molar-refractivity contribution in [3.05, 3.63) is 41.5 Å². The molecule has 0 aromatic heterocycles. The van der Waals surface area contributed by atoms with Crippen LogP contribution in [0.1, 0.15) is 11.1 Å². The van der Waals surface area contributed by atoms with Crippen LogP contribution in [-0.4, -0.2) is 18.1 Å². The van der Waals surface area contributed by atoms with Crippen molar-refractivity contribution in [3.8, 4) is 0 Å². The number of alkyl halides is 3. The van der Waals surface area contributed by atoms with Gasteiger partial charge in [0.15, 0.2) is 0 Å². The van der Waals surface area contributed by atoms with Crippen molar-refractivity contribution >= 4 is 11.5 Å². The van der Waals surface area contributed by atoms with Crippen molar-refractivity contribution < 1.29 is 18.0 Å². The summed E-state index contributed by atoms with van der Waals surface area (Å²) in [6.45, 7) is 1.82. The van der Waals surface area contributed by atoms with Gasteiger partial charge >= 0.3 is 6.18 Å². The van der Waals surface area contributed by atoms with E-state index in [1.54, 1.807) is 18.2 Å². The SMILES string of the molecule is Cc1cccc(C2=CC(C(F)(F)F)NC2=O)c1. The van der Waals surface area contributed by atoms with Crippen LogP contribution >= 0.6 is 0 Å². The maximum absolute atomic E-state index is 12.4. The lowest BCUT2D eigenvalue weighted by Crippen LogP contribution is -2.39. The number of aryl methyl sites for hydroxylation is 1. The number of carbonyl (C=O) groups excluding carboxylic acids is 1. The average molecular weight is 241 g/mol. The van der Waals surface area contributed by atoms with Gasteiger partial charge in [0.25, 0.3) is 5.91 Å². The molecule has 1 atom stereocenters. The fourth-order valence-electron chi connectivity index (χ4n) is 1.72. The second-order valence-electron chi connectivity index (χ2n) is 3.94. The number of hydrogen-bond donors (Lipinski definition) is 1. The highest BCUT2D eigenvalue weighted by Gasteiger charge is 2.43. The van der Waals surface area contributed by atoms with Crippen molar-refractivity contribution in [1.29, 1.82) is 0 Å². The van der Waals surface area contributed by atoms with Crippen LogP contribution in [0.25, 0.3) is 5.57 Å². The zero-order valence-corrected chi connectivity index (χ0v) is 9.01. The van der Waals surface area contributed by atoms with E-state index in [-0.39, 0.29) is 5.57 Å². The molecule has 1 aliphatic heterocycles. The van der Waals surface area contributed by atoms with E-state index in [0.717, 1.165) is 11.6 Å². The molecule has 1 aromatic rings. The lowest BCUT2D eigenvalue weighted by molar-refractivity contribution is -0.148. The molecule has 2 rings (SSSR count). The van der Waals surface area contributed by atoms with E-state index >= 15 is 0 Å². The summed E-state index contributed by atoms with van der Waals surface area (Å²) < 4.78 is 37.3. The minimum atomic E-state index is -4.44. The Morgan fingerprint density at radius 1 is 1.29 bits per heavy atom. The van der Waals surface area contributed by atoms with Crippen molar-refractivity contribution in [2.45, 2.75) is 19.1 Å². The summed E-state index contributed by atoms with van der Waals surface area (Å²) in [7, 11) is 0. The van der Waals surface area contributed by atoms with E-state index in [1.165, 1.54) is 0 Å². The molecule has 1 aromatic carbocycles. The van der Waals surface area contributed by atoms with E-state index in [4.69, 9.17) is 0 Å². The standard InChI is InChI=1S/C12H10F3NO/c1-7-3-2-4-8(5-7)9-6-10(12(13,14)15)16-11(9)17/h2-6,10H,1H3,(H,16,17). The Bertz CT molecular complexity index is 491. The number of amides is 1. The number of nitrogens with one attached hydrogen (secondary N) is 1. The molecule has 1 unspecified atom stereocenters.